The van der Waals surface area contributed by atoms with E-state index < -0.39 is 6.09 Å². The summed E-state index contributed by atoms with van der Waals surface area (Å²) >= 11 is 0. The van der Waals surface area contributed by atoms with Crippen LogP contribution in [0.4, 0.5) is 16.2 Å². The molecule has 1 N–H and O–H groups in total. The zero-order valence-electron chi connectivity index (χ0n) is 16.5. The second-order valence-electron chi connectivity index (χ2n) is 7.19. The van der Waals surface area contributed by atoms with Crippen molar-refractivity contribution >= 4 is 29.2 Å². The first-order valence-corrected chi connectivity index (χ1v) is 9.30. The molecule has 28 heavy (non-hydrogen) atoms. The van der Waals surface area contributed by atoms with Crippen LogP contribution < -0.4 is 9.80 Å². The monoisotopic (exact) mass is 380 g/mol. The van der Waals surface area contributed by atoms with E-state index in [2.05, 4.69) is 0 Å². The van der Waals surface area contributed by atoms with Crippen LogP contribution in [-0.4, -0.2) is 35.5 Å². The highest BCUT2D eigenvalue weighted by Crippen LogP contribution is 2.39. The van der Waals surface area contributed by atoms with Crippen LogP contribution in [-0.2, 0) is 0 Å². The van der Waals surface area contributed by atoms with Gasteiger partial charge in [-0.3, -0.25) is 14.5 Å². The van der Waals surface area contributed by atoms with Gasteiger partial charge >= 0.3 is 6.09 Å². The topological polar surface area (TPSA) is 77.9 Å². The van der Waals surface area contributed by atoms with Crippen molar-refractivity contribution in [3.63, 3.8) is 0 Å². The van der Waals surface area contributed by atoms with Crippen molar-refractivity contribution < 1.29 is 19.5 Å². The Morgan fingerprint density at radius 1 is 1.00 bits per heavy atom. The fourth-order valence-corrected chi connectivity index (χ4v) is 3.55. The fourth-order valence-electron chi connectivity index (χ4n) is 3.55. The highest BCUT2D eigenvalue weighted by Gasteiger charge is 2.37. The Labute approximate surface area is 164 Å². The van der Waals surface area contributed by atoms with Crippen molar-refractivity contribution in [1.29, 1.82) is 0 Å². The first-order valence-electron chi connectivity index (χ1n) is 9.30. The molecule has 0 radical (unpaired) electrons. The van der Waals surface area contributed by atoms with Gasteiger partial charge in [-0.2, -0.15) is 0 Å². The Bertz CT molecular complexity index is 950. The minimum atomic E-state index is -1.02. The Kier molecular flexibility index (Phi) is 5.23. The van der Waals surface area contributed by atoms with Crippen LogP contribution in [0.3, 0.4) is 0 Å². The third kappa shape index (κ3) is 3.38. The van der Waals surface area contributed by atoms with Gasteiger partial charge in [0.15, 0.2) is 5.78 Å². The summed E-state index contributed by atoms with van der Waals surface area (Å²) in [6.45, 7) is 7.55. The second-order valence-corrected chi connectivity index (χ2v) is 7.19. The van der Waals surface area contributed by atoms with Crippen molar-refractivity contribution in [2.45, 2.75) is 40.2 Å². The predicted molar refractivity (Wildman–Crippen MR) is 109 cm³/mol. The van der Waals surface area contributed by atoms with E-state index in [0.717, 1.165) is 11.1 Å². The third-order valence-electron chi connectivity index (χ3n) is 5.36. The van der Waals surface area contributed by atoms with E-state index in [-0.39, 0.29) is 24.3 Å². The molecule has 0 aromatic heterocycles. The molecule has 2 aromatic rings. The van der Waals surface area contributed by atoms with Gasteiger partial charge in [-0.05, 0) is 62.6 Å². The normalized spacial score (nSPS) is 15.9. The molecular weight excluding hydrogens is 356 g/mol. The standard InChI is InChI=1S/C22H24N2O4/c1-5-18-12-23(21(26)17-8-6-16(7-9-17)15(4)25)19-10-13(2)14(3)11-20(19)24(18)22(27)28/h6-11,18H,5,12H2,1-4H3,(H,27,28). The van der Waals surface area contributed by atoms with Gasteiger partial charge in [0.05, 0.1) is 17.4 Å². The van der Waals surface area contributed by atoms with E-state index in [1.807, 2.05) is 32.9 Å². The zero-order valence-corrected chi connectivity index (χ0v) is 16.5. The lowest BCUT2D eigenvalue weighted by molar-refractivity contribution is 0.0979. The Morgan fingerprint density at radius 3 is 2.04 bits per heavy atom. The molecule has 0 aliphatic carbocycles. The smallest absolute Gasteiger partial charge is 0.412 e. The summed E-state index contributed by atoms with van der Waals surface area (Å²) in [5.74, 6) is -0.264. The average molecular weight is 380 g/mol. The molecular formula is C22H24N2O4. The quantitative estimate of drug-likeness (QED) is 0.799. The van der Waals surface area contributed by atoms with Gasteiger partial charge in [0.25, 0.3) is 5.91 Å². The van der Waals surface area contributed by atoms with Crippen molar-refractivity contribution in [3.8, 4) is 0 Å². The summed E-state index contributed by atoms with van der Waals surface area (Å²) in [7, 11) is 0. The summed E-state index contributed by atoms with van der Waals surface area (Å²) in [4.78, 5) is 39.7. The van der Waals surface area contributed by atoms with E-state index >= 15 is 0 Å². The number of nitrogens with zero attached hydrogens (tertiary/aromatic N) is 2. The fraction of sp³-hybridized carbons (Fsp3) is 0.318. The highest BCUT2D eigenvalue weighted by molar-refractivity contribution is 6.10. The summed E-state index contributed by atoms with van der Waals surface area (Å²) in [5.41, 5.74) is 4.10. The number of aryl methyl sites for hydroxylation is 2. The van der Waals surface area contributed by atoms with Gasteiger partial charge in [0.1, 0.15) is 0 Å². The Hall–Kier alpha value is -3.15. The van der Waals surface area contributed by atoms with Crippen LogP contribution in [0.1, 0.15) is 52.1 Å². The van der Waals surface area contributed by atoms with Crippen molar-refractivity contribution in [2.75, 3.05) is 16.3 Å². The number of hydrogen-bond acceptors (Lipinski definition) is 3. The van der Waals surface area contributed by atoms with Crippen LogP contribution in [0.2, 0.25) is 0 Å². The molecule has 0 saturated heterocycles. The minimum Gasteiger partial charge on any atom is -0.465 e. The van der Waals surface area contributed by atoms with Gasteiger partial charge in [0.2, 0.25) is 0 Å². The number of fused-ring (bicyclic) bond motifs is 1. The van der Waals surface area contributed by atoms with Crippen LogP contribution in [0.5, 0.6) is 0 Å². The van der Waals surface area contributed by atoms with E-state index in [1.54, 1.807) is 29.2 Å². The van der Waals surface area contributed by atoms with E-state index in [1.165, 1.54) is 11.8 Å². The summed E-state index contributed by atoms with van der Waals surface area (Å²) in [6.07, 6.45) is -0.430. The molecule has 1 aliphatic heterocycles. The van der Waals surface area contributed by atoms with Crippen LogP contribution >= 0.6 is 0 Å². The van der Waals surface area contributed by atoms with Crippen molar-refractivity contribution in [2.24, 2.45) is 0 Å². The van der Waals surface area contributed by atoms with Crippen molar-refractivity contribution in [3.05, 3.63) is 58.7 Å². The van der Waals surface area contributed by atoms with Crippen LogP contribution in [0.15, 0.2) is 36.4 Å². The molecule has 146 valence electrons. The molecule has 1 atom stereocenters. The third-order valence-corrected chi connectivity index (χ3v) is 5.36. The first-order chi connectivity index (χ1) is 13.2. The maximum Gasteiger partial charge on any atom is 0.412 e. The van der Waals surface area contributed by atoms with E-state index in [9.17, 15) is 19.5 Å². The number of hydrogen-bond donors (Lipinski definition) is 1. The Morgan fingerprint density at radius 2 is 1.54 bits per heavy atom. The summed E-state index contributed by atoms with van der Waals surface area (Å²) in [5, 5.41) is 9.76. The molecule has 2 aromatic carbocycles. The zero-order chi connectivity index (χ0) is 20.6. The number of benzene rings is 2. The molecule has 0 bridgehead atoms. The molecule has 3 rings (SSSR count). The number of ketones is 1. The first kappa shape index (κ1) is 19.6. The molecule has 1 unspecified atom stereocenters. The minimum absolute atomic E-state index is 0.0587. The molecule has 2 amide bonds. The number of rotatable bonds is 3. The number of carbonyl (C=O) groups excluding carboxylic acids is 2. The molecule has 0 spiro atoms. The molecule has 1 aliphatic rings. The number of carboxylic acid groups (broad SMARTS) is 1. The molecule has 0 fully saturated rings. The largest absolute Gasteiger partial charge is 0.465 e. The number of Topliss-reactive ketones (excluding diaryl/α,β-unsaturated/α-hetero) is 1. The predicted octanol–water partition coefficient (Wildman–Crippen LogP) is 4.43. The highest BCUT2D eigenvalue weighted by atomic mass is 16.4. The lowest BCUT2D eigenvalue weighted by Gasteiger charge is -2.41. The van der Waals surface area contributed by atoms with Gasteiger partial charge in [-0.15, -0.1) is 0 Å². The Balaban J connectivity index is 2.09. The van der Waals surface area contributed by atoms with Crippen molar-refractivity contribution in [1.82, 2.24) is 0 Å². The summed E-state index contributed by atoms with van der Waals surface area (Å²) in [6, 6.07) is 9.94. The van der Waals surface area contributed by atoms with Crippen LogP contribution in [0, 0.1) is 13.8 Å². The van der Waals surface area contributed by atoms with Gasteiger partial charge < -0.3 is 10.0 Å². The number of carbonyl (C=O) groups is 3. The van der Waals surface area contributed by atoms with Crippen LogP contribution in [0.25, 0.3) is 0 Å². The molecule has 0 saturated carbocycles. The lowest BCUT2D eigenvalue weighted by Crippen LogP contribution is -2.52. The van der Waals surface area contributed by atoms with E-state index in [0.29, 0.717) is 28.9 Å². The average Bonchev–Trinajstić information content (AvgIpc) is 2.67. The number of amides is 2. The SMILES string of the molecule is CCC1CN(C(=O)c2ccc(C(C)=O)cc2)c2cc(C)c(C)cc2N1C(=O)O. The van der Waals surface area contributed by atoms with Gasteiger partial charge in [-0.25, -0.2) is 4.79 Å². The molecule has 6 nitrogen and oxygen atoms in total. The second kappa shape index (κ2) is 7.46. The molecule has 6 heteroatoms. The summed E-state index contributed by atoms with van der Waals surface area (Å²) < 4.78 is 0. The lowest BCUT2D eigenvalue weighted by atomic mass is 9.99. The maximum absolute atomic E-state index is 13.3. The number of anilines is 2. The van der Waals surface area contributed by atoms with Gasteiger partial charge in [-0.1, -0.05) is 19.1 Å². The van der Waals surface area contributed by atoms with E-state index in [4.69, 9.17) is 0 Å². The molecule has 1 heterocycles. The van der Waals surface area contributed by atoms with Gasteiger partial charge in [0, 0.05) is 17.7 Å². The maximum atomic E-state index is 13.3.